The van der Waals surface area contributed by atoms with Gasteiger partial charge < -0.3 is 10.6 Å². The molecule has 17 heavy (non-hydrogen) atoms. The summed E-state index contributed by atoms with van der Waals surface area (Å²) in [6, 6.07) is 0. The molecule has 2 N–H and O–H groups in total. The van der Waals surface area contributed by atoms with Gasteiger partial charge in [0.15, 0.2) is 5.69 Å². The third kappa shape index (κ3) is 4.55. The van der Waals surface area contributed by atoms with Crippen molar-refractivity contribution in [2.24, 2.45) is 0 Å². The van der Waals surface area contributed by atoms with E-state index >= 15 is 0 Å². The van der Waals surface area contributed by atoms with Gasteiger partial charge in [-0.3, -0.25) is 9.69 Å². The maximum atomic E-state index is 11.5. The van der Waals surface area contributed by atoms with E-state index in [0.717, 1.165) is 44.5 Å². The van der Waals surface area contributed by atoms with Gasteiger partial charge in [0, 0.05) is 39.3 Å². The molecule has 1 saturated heterocycles. The molecule has 0 aromatic carbocycles. The van der Waals surface area contributed by atoms with Crippen molar-refractivity contribution in [3.05, 3.63) is 11.9 Å². The van der Waals surface area contributed by atoms with Crippen LogP contribution < -0.4 is 10.6 Å². The first-order chi connectivity index (χ1) is 7.86. The van der Waals surface area contributed by atoms with Crippen LogP contribution in [0, 0.1) is 0 Å². The zero-order valence-corrected chi connectivity index (χ0v) is 11.0. The molecule has 0 bridgehead atoms. The van der Waals surface area contributed by atoms with Gasteiger partial charge in [-0.15, -0.1) is 12.4 Å². The molecule has 1 aromatic heterocycles. The van der Waals surface area contributed by atoms with Crippen molar-refractivity contribution in [2.75, 3.05) is 39.3 Å². The number of piperazine rings is 1. The van der Waals surface area contributed by atoms with E-state index in [1.165, 1.54) is 6.20 Å². The van der Waals surface area contributed by atoms with Crippen molar-refractivity contribution in [1.29, 1.82) is 0 Å². The van der Waals surface area contributed by atoms with Gasteiger partial charge in [0.05, 0.1) is 17.9 Å². The first-order valence-corrected chi connectivity index (χ1v) is 6.08. The first-order valence-electron chi connectivity index (χ1n) is 5.35. The van der Waals surface area contributed by atoms with Crippen LogP contribution in [-0.4, -0.2) is 58.8 Å². The fourth-order valence-corrected chi connectivity index (χ4v) is 2.03. The number of carbonyl (C=O) groups excluding carboxylic acids is 1. The van der Waals surface area contributed by atoms with Gasteiger partial charge in [-0.1, -0.05) is 0 Å². The number of hydrogen-bond acceptors (Lipinski definition) is 6. The van der Waals surface area contributed by atoms with Gasteiger partial charge in [-0.2, -0.15) is 8.75 Å². The highest BCUT2D eigenvalue weighted by Crippen LogP contribution is 1.95. The average Bonchev–Trinajstić information content (AvgIpc) is 2.84. The smallest absolute Gasteiger partial charge is 0.272 e. The summed E-state index contributed by atoms with van der Waals surface area (Å²) < 4.78 is 7.67. The number of nitrogens with zero attached hydrogens (tertiary/aromatic N) is 3. The SMILES string of the molecule is Cl.O=C(NCCN1CCNCC1)c1cnsn1. The molecule has 2 rings (SSSR count). The second kappa shape index (κ2) is 7.54. The molecule has 0 atom stereocenters. The monoisotopic (exact) mass is 277 g/mol. The summed E-state index contributed by atoms with van der Waals surface area (Å²) in [7, 11) is 0. The van der Waals surface area contributed by atoms with Gasteiger partial charge >= 0.3 is 0 Å². The Labute approximate surface area is 111 Å². The van der Waals surface area contributed by atoms with E-state index in [1.54, 1.807) is 0 Å². The Morgan fingerprint density at radius 2 is 2.29 bits per heavy atom. The molecule has 0 radical (unpaired) electrons. The van der Waals surface area contributed by atoms with Crippen molar-refractivity contribution in [2.45, 2.75) is 0 Å². The molecule has 0 spiro atoms. The van der Waals surface area contributed by atoms with Crippen LogP contribution in [0.3, 0.4) is 0 Å². The standard InChI is InChI=1S/C9H15N5OS.ClH/c15-9(8-7-12-16-13-8)11-3-6-14-4-1-10-2-5-14;/h7,10H,1-6H2,(H,11,15);1H. The average molecular weight is 278 g/mol. The number of halogens is 1. The van der Waals surface area contributed by atoms with Gasteiger partial charge in [0.25, 0.3) is 5.91 Å². The molecule has 96 valence electrons. The van der Waals surface area contributed by atoms with Crippen LogP contribution in [0.15, 0.2) is 6.20 Å². The topological polar surface area (TPSA) is 70.2 Å². The number of carbonyl (C=O) groups is 1. The third-order valence-electron chi connectivity index (χ3n) is 2.52. The fourth-order valence-electron chi connectivity index (χ4n) is 1.62. The summed E-state index contributed by atoms with van der Waals surface area (Å²) in [5, 5.41) is 6.13. The summed E-state index contributed by atoms with van der Waals surface area (Å²) in [6.45, 7) is 5.72. The lowest BCUT2D eigenvalue weighted by atomic mass is 10.3. The summed E-state index contributed by atoms with van der Waals surface area (Å²) in [5.41, 5.74) is 0.408. The predicted molar refractivity (Wildman–Crippen MR) is 68.8 cm³/mol. The maximum absolute atomic E-state index is 11.5. The summed E-state index contributed by atoms with van der Waals surface area (Å²) >= 11 is 1.05. The fraction of sp³-hybridized carbons (Fsp3) is 0.667. The molecule has 1 aliphatic rings. The van der Waals surface area contributed by atoms with Crippen molar-refractivity contribution in [1.82, 2.24) is 24.3 Å². The van der Waals surface area contributed by atoms with Crippen LogP contribution in [0.4, 0.5) is 0 Å². The lowest BCUT2D eigenvalue weighted by Gasteiger charge is -2.26. The van der Waals surface area contributed by atoms with Crippen LogP contribution in [0.1, 0.15) is 10.5 Å². The molecule has 8 heteroatoms. The molecular weight excluding hydrogens is 262 g/mol. The number of aromatic nitrogens is 2. The zero-order valence-electron chi connectivity index (χ0n) is 9.39. The van der Waals surface area contributed by atoms with Crippen LogP contribution in [0.5, 0.6) is 0 Å². The minimum absolute atomic E-state index is 0. The Morgan fingerprint density at radius 1 is 1.53 bits per heavy atom. The number of nitrogens with one attached hydrogen (secondary N) is 2. The second-order valence-corrected chi connectivity index (χ2v) is 4.20. The minimum atomic E-state index is -0.135. The highest BCUT2D eigenvalue weighted by Gasteiger charge is 2.11. The Hall–Kier alpha value is -0.760. The molecule has 1 aliphatic heterocycles. The molecule has 1 amide bonds. The van der Waals surface area contributed by atoms with Crippen LogP contribution >= 0.6 is 24.1 Å². The van der Waals surface area contributed by atoms with Gasteiger partial charge in [-0.25, -0.2) is 0 Å². The van der Waals surface area contributed by atoms with E-state index in [1.807, 2.05) is 0 Å². The molecule has 0 saturated carbocycles. The normalized spacial score (nSPS) is 16.2. The summed E-state index contributed by atoms with van der Waals surface area (Å²) in [6.07, 6.45) is 1.49. The first kappa shape index (κ1) is 14.3. The van der Waals surface area contributed by atoms with E-state index in [4.69, 9.17) is 0 Å². The van der Waals surface area contributed by atoms with Crippen molar-refractivity contribution in [3.8, 4) is 0 Å². The largest absolute Gasteiger partial charge is 0.349 e. The minimum Gasteiger partial charge on any atom is -0.349 e. The maximum Gasteiger partial charge on any atom is 0.272 e. The number of rotatable bonds is 4. The van der Waals surface area contributed by atoms with Crippen molar-refractivity contribution < 1.29 is 4.79 Å². The van der Waals surface area contributed by atoms with E-state index in [-0.39, 0.29) is 18.3 Å². The lowest BCUT2D eigenvalue weighted by Crippen LogP contribution is -2.46. The summed E-state index contributed by atoms with van der Waals surface area (Å²) in [5.74, 6) is -0.135. The highest BCUT2D eigenvalue weighted by molar-refractivity contribution is 6.99. The van der Waals surface area contributed by atoms with Gasteiger partial charge in [-0.05, 0) is 0 Å². The van der Waals surface area contributed by atoms with Crippen molar-refractivity contribution in [3.63, 3.8) is 0 Å². The Balaban J connectivity index is 0.00000144. The molecule has 2 heterocycles. The third-order valence-corrected chi connectivity index (χ3v) is 3.00. The number of amides is 1. The molecule has 0 unspecified atom stereocenters. The van der Waals surface area contributed by atoms with Crippen LogP contribution in [0.2, 0.25) is 0 Å². The zero-order chi connectivity index (χ0) is 11.2. The quantitative estimate of drug-likeness (QED) is 0.783. The second-order valence-electron chi connectivity index (χ2n) is 3.64. The van der Waals surface area contributed by atoms with Gasteiger partial charge in [0.1, 0.15) is 0 Å². The summed E-state index contributed by atoms with van der Waals surface area (Å²) in [4.78, 5) is 13.8. The van der Waals surface area contributed by atoms with E-state index in [0.29, 0.717) is 12.2 Å². The van der Waals surface area contributed by atoms with E-state index in [9.17, 15) is 4.79 Å². The Morgan fingerprint density at radius 3 is 2.94 bits per heavy atom. The van der Waals surface area contributed by atoms with Crippen LogP contribution in [-0.2, 0) is 0 Å². The number of hydrogen-bond donors (Lipinski definition) is 2. The molecule has 6 nitrogen and oxygen atoms in total. The van der Waals surface area contributed by atoms with Crippen molar-refractivity contribution >= 4 is 30.0 Å². The predicted octanol–water partition coefficient (Wildman–Crippen LogP) is -0.405. The highest BCUT2D eigenvalue weighted by atomic mass is 35.5. The molecule has 1 aromatic rings. The Bertz CT molecular complexity index is 328. The molecular formula is C9H16ClN5OS. The molecule has 1 fully saturated rings. The van der Waals surface area contributed by atoms with E-state index in [2.05, 4.69) is 24.3 Å². The van der Waals surface area contributed by atoms with Gasteiger partial charge in [0.2, 0.25) is 0 Å². The lowest BCUT2D eigenvalue weighted by molar-refractivity contribution is 0.0943. The Kier molecular flexibility index (Phi) is 6.35. The molecule has 0 aliphatic carbocycles. The van der Waals surface area contributed by atoms with Crippen LogP contribution in [0.25, 0.3) is 0 Å². The van der Waals surface area contributed by atoms with E-state index < -0.39 is 0 Å².